The van der Waals surface area contributed by atoms with Crippen LogP contribution in [-0.4, -0.2) is 51.6 Å². The van der Waals surface area contributed by atoms with Crippen LogP contribution in [-0.2, 0) is 19.1 Å². The van der Waals surface area contributed by atoms with E-state index in [2.05, 4.69) is 30.9 Å². The van der Waals surface area contributed by atoms with Gasteiger partial charge in [-0.15, -0.1) is 10.2 Å². The molecule has 2 aliphatic rings. The van der Waals surface area contributed by atoms with Crippen LogP contribution in [0.1, 0.15) is 18.4 Å². The van der Waals surface area contributed by atoms with Gasteiger partial charge in [0.2, 0.25) is 11.8 Å². The molecule has 0 spiro atoms. The quantitative estimate of drug-likeness (QED) is 0.443. The van der Waals surface area contributed by atoms with E-state index >= 15 is 0 Å². The van der Waals surface area contributed by atoms with Crippen LogP contribution in [0.3, 0.4) is 0 Å². The Labute approximate surface area is 180 Å². The first kappa shape index (κ1) is 21.8. The van der Waals surface area contributed by atoms with Gasteiger partial charge in [-0.05, 0) is 19.1 Å². The predicted molar refractivity (Wildman–Crippen MR) is 115 cm³/mol. The second kappa shape index (κ2) is 9.76. The van der Waals surface area contributed by atoms with E-state index in [1.807, 2.05) is 19.1 Å². The number of carbonyl (C=O) groups excluding carboxylic acids is 4. The number of aryl methyl sites for hydroxylation is 1. The van der Waals surface area contributed by atoms with E-state index in [1.165, 1.54) is 7.11 Å². The Morgan fingerprint density at radius 3 is 2.50 bits per heavy atom. The summed E-state index contributed by atoms with van der Waals surface area (Å²) in [5.74, 6) is -0.920. The number of benzene rings is 1. The number of amidine groups is 2. The van der Waals surface area contributed by atoms with Crippen molar-refractivity contribution in [1.29, 1.82) is 0 Å². The summed E-state index contributed by atoms with van der Waals surface area (Å²) in [4.78, 5) is 47.4. The van der Waals surface area contributed by atoms with E-state index < -0.39 is 16.5 Å². The Morgan fingerprint density at radius 2 is 1.80 bits per heavy atom. The fourth-order valence-electron chi connectivity index (χ4n) is 2.57. The van der Waals surface area contributed by atoms with Gasteiger partial charge in [0.15, 0.2) is 5.17 Å². The van der Waals surface area contributed by atoms with Crippen LogP contribution in [0.25, 0.3) is 0 Å². The van der Waals surface area contributed by atoms with Crippen LogP contribution in [0.4, 0.5) is 10.5 Å². The van der Waals surface area contributed by atoms with Gasteiger partial charge in [-0.25, -0.2) is 0 Å². The van der Waals surface area contributed by atoms with Gasteiger partial charge in [0.1, 0.15) is 11.1 Å². The molecule has 0 aromatic heterocycles. The van der Waals surface area contributed by atoms with Gasteiger partial charge in [0, 0.05) is 12.1 Å². The number of hydrogen-bond donors (Lipinski definition) is 3. The zero-order valence-corrected chi connectivity index (χ0v) is 17.8. The van der Waals surface area contributed by atoms with E-state index in [0.717, 1.165) is 29.1 Å². The van der Waals surface area contributed by atoms with E-state index in [1.54, 1.807) is 12.1 Å². The molecule has 0 aliphatic carbocycles. The van der Waals surface area contributed by atoms with Crippen LogP contribution in [0, 0.1) is 6.92 Å². The number of nitrogens with zero attached hydrogens (tertiary/aromatic N) is 2. The first-order valence-electron chi connectivity index (χ1n) is 8.88. The van der Waals surface area contributed by atoms with Crippen molar-refractivity contribution in [2.24, 2.45) is 10.2 Å². The molecule has 0 saturated carbocycles. The number of rotatable bonds is 6. The Balaban J connectivity index is 1.58. The van der Waals surface area contributed by atoms with Crippen LogP contribution in [0.15, 0.2) is 34.5 Å². The summed E-state index contributed by atoms with van der Waals surface area (Å²) in [7, 11) is 1.26. The second-order valence-electron chi connectivity index (χ2n) is 6.40. The number of ether oxygens (including phenoxy) is 1. The third kappa shape index (κ3) is 5.83. The Bertz CT molecular complexity index is 931. The summed E-state index contributed by atoms with van der Waals surface area (Å²) in [6, 6.07) is 7.34. The van der Waals surface area contributed by atoms with Crippen molar-refractivity contribution < 1.29 is 23.9 Å². The lowest BCUT2D eigenvalue weighted by Gasteiger charge is -2.07. The highest BCUT2D eigenvalue weighted by Crippen LogP contribution is 2.25. The van der Waals surface area contributed by atoms with E-state index in [-0.39, 0.29) is 40.9 Å². The van der Waals surface area contributed by atoms with Crippen molar-refractivity contribution in [3.8, 4) is 0 Å². The van der Waals surface area contributed by atoms with Gasteiger partial charge in [0.25, 0.3) is 5.24 Å². The highest BCUT2D eigenvalue weighted by atomic mass is 32.2. The smallest absolute Gasteiger partial charge is 0.307 e. The van der Waals surface area contributed by atoms with Crippen molar-refractivity contribution in [2.45, 2.75) is 30.3 Å². The normalized spacial score (nSPS) is 23.4. The second-order valence-corrected chi connectivity index (χ2v) is 8.77. The summed E-state index contributed by atoms with van der Waals surface area (Å²) < 4.78 is 4.61. The van der Waals surface area contributed by atoms with E-state index in [4.69, 9.17) is 0 Å². The lowest BCUT2D eigenvalue weighted by Crippen LogP contribution is -2.28. The highest BCUT2D eigenvalue weighted by molar-refractivity contribution is 8.15. The molecule has 2 heterocycles. The summed E-state index contributed by atoms with van der Waals surface area (Å²) in [5, 5.41) is 14.4. The average molecular weight is 450 g/mol. The minimum atomic E-state index is -0.646. The monoisotopic (exact) mass is 449 g/mol. The molecule has 12 heteroatoms. The number of nitrogens with one attached hydrogen (secondary N) is 3. The number of esters is 1. The fraction of sp³-hybridized carbons (Fsp3) is 0.333. The lowest BCUT2D eigenvalue weighted by atomic mass is 10.2. The molecule has 2 fully saturated rings. The van der Waals surface area contributed by atoms with E-state index in [0.29, 0.717) is 5.69 Å². The van der Waals surface area contributed by atoms with Crippen molar-refractivity contribution in [3.63, 3.8) is 0 Å². The third-order valence-corrected chi connectivity index (χ3v) is 6.16. The van der Waals surface area contributed by atoms with Gasteiger partial charge in [-0.1, -0.05) is 41.2 Å². The van der Waals surface area contributed by atoms with Gasteiger partial charge >= 0.3 is 5.97 Å². The maximum atomic E-state index is 12.2. The van der Waals surface area contributed by atoms with Crippen LogP contribution in [0.5, 0.6) is 0 Å². The molecule has 3 N–H and O–H groups in total. The first-order chi connectivity index (χ1) is 14.3. The van der Waals surface area contributed by atoms with Crippen molar-refractivity contribution in [2.75, 3.05) is 12.4 Å². The topological polar surface area (TPSA) is 138 Å². The number of amides is 3. The molecular weight excluding hydrogens is 430 g/mol. The number of anilines is 1. The third-order valence-electron chi connectivity index (χ3n) is 4.10. The number of methoxy groups -OCH3 is 1. The van der Waals surface area contributed by atoms with Gasteiger partial charge < -0.3 is 20.7 Å². The molecule has 2 atom stereocenters. The Kier molecular flexibility index (Phi) is 7.11. The summed E-state index contributed by atoms with van der Waals surface area (Å²) in [6.45, 7) is 1.95. The van der Waals surface area contributed by atoms with Crippen molar-refractivity contribution in [1.82, 2.24) is 10.6 Å². The zero-order chi connectivity index (χ0) is 21.7. The van der Waals surface area contributed by atoms with Crippen LogP contribution >= 0.6 is 23.5 Å². The molecule has 3 amide bonds. The molecule has 2 saturated heterocycles. The maximum absolute atomic E-state index is 12.2. The molecule has 158 valence electrons. The SMILES string of the molecule is COC(=O)C[C@H]1SC(=O)N/C1=N\N=C1\NC(=O)[C@@H](CC(=O)Nc2ccc(C)cc2)S1. The van der Waals surface area contributed by atoms with Crippen molar-refractivity contribution >= 4 is 63.2 Å². The molecule has 1 aromatic carbocycles. The summed E-state index contributed by atoms with van der Waals surface area (Å²) in [6.07, 6.45) is -0.0670. The molecule has 0 bridgehead atoms. The molecule has 3 rings (SSSR count). The molecule has 10 nitrogen and oxygen atoms in total. The first-order valence-corrected chi connectivity index (χ1v) is 10.6. The Hall–Kier alpha value is -2.86. The minimum absolute atomic E-state index is 0.0302. The fourth-order valence-corrected chi connectivity index (χ4v) is 4.34. The van der Waals surface area contributed by atoms with Crippen LogP contribution in [0.2, 0.25) is 0 Å². The summed E-state index contributed by atoms with van der Waals surface area (Å²) >= 11 is 1.99. The molecule has 1 aromatic rings. The molecule has 0 radical (unpaired) electrons. The van der Waals surface area contributed by atoms with Crippen molar-refractivity contribution in [3.05, 3.63) is 29.8 Å². The van der Waals surface area contributed by atoms with Gasteiger partial charge in [-0.3, -0.25) is 19.2 Å². The molecule has 0 unspecified atom stereocenters. The average Bonchev–Trinajstić information content (AvgIpc) is 3.23. The number of carbonyl (C=O) groups is 4. The van der Waals surface area contributed by atoms with Gasteiger partial charge in [-0.2, -0.15) is 0 Å². The molecule has 2 aliphatic heterocycles. The summed E-state index contributed by atoms with van der Waals surface area (Å²) in [5.41, 5.74) is 1.73. The number of hydrogen-bond acceptors (Lipinski definition) is 9. The lowest BCUT2D eigenvalue weighted by molar-refractivity contribution is -0.140. The zero-order valence-electron chi connectivity index (χ0n) is 16.1. The van der Waals surface area contributed by atoms with E-state index in [9.17, 15) is 19.2 Å². The Morgan fingerprint density at radius 1 is 1.07 bits per heavy atom. The molecular formula is C18H19N5O5S2. The maximum Gasteiger partial charge on any atom is 0.307 e. The highest BCUT2D eigenvalue weighted by Gasteiger charge is 2.34. The molecule has 30 heavy (non-hydrogen) atoms. The largest absolute Gasteiger partial charge is 0.469 e. The standard InChI is InChI=1S/C18H19N5O5S2/c1-9-3-5-10(6-4-9)19-13(24)7-12-16(26)21-17(29-12)23-22-15-11(8-14(25)28-2)30-18(27)20-15/h3-6,11-12H,7-8H2,1-2H3,(H,19,24)(H,20,22,27)(H,21,23,26)/t11-,12-/m1/s1. The predicted octanol–water partition coefficient (Wildman–Crippen LogP) is 1.61. The number of thioether (sulfide) groups is 2. The minimum Gasteiger partial charge on any atom is -0.469 e. The van der Waals surface area contributed by atoms with Crippen LogP contribution < -0.4 is 16.0 Å². The van der Waals surface area contributed by atoms with Gasteiger partial charge in [0.05, 0.1) is 18.8 Å².